The molecule has 4 nitrogen and oxygen atoms in total. The van der Waals surface area contributed by atoms with Gasteiger partial charge in [-0.25, -0.2) is 4.39 Å². The molecule has 2 N–H and O–H groups in total. The first kappa shape index (κ1) is 20.1. The molecule has 2 amide bonds. The largest absolute Gasteiger partial charge is 0.326 e. The number of hydrogen-bond acceptors (Lipinski definition) is 2. The predicted molar refractivity (Wildman–Crippen MR) is 110 cm³/mol. The lowest BCUT2D eigenvalue weighted by Gasteiger charge is -2.20. The van der Waals surface area contributed by atoms with E-state index in [0.29, 0.717) is 12.1 Å². The number of amides is 2. The summed E-state index contributed by atoms with van der Waals surface area (Å²) in [4.78, 5) is 25.2. The van der Waals surface area contributed by atoms with Crippen molar-refractivity contribution in [3.63, 3.8) is 0 Å². The fourth-order valence-corrected chi connectivity index (χ4v) is 3.45. The van der Waals surface area contributed by atoms with Gasteiger partial charge < -0.3 is 10.6 Å². The van der Waals surface area contributed by atoms with Gasteiger partial charge in [-0.15, -0.1) is 0 Å². The Kier molecular flexibility index (Phi) is 5.82. The molecule has 0 aromatic heterocycles. The van der Waals surface area contributed by atoms with Crippen LogP contribution in [0.25, 0.3) is 0 Å². The van der Waals surface area contributed by atoms with Crippen molar-refractivity contribution in [1.82, 2.24) is 0 Å². The molecule has 0 saturated heterocycles. The standard InChI is InChI=1S/C23H27FN2O2/c1-13(2)17-6-5-7-18(14(3)4)21(17)26-23(28)20-12-19(20)22(27)25-16-10-8-15(24)9-11-16/h5-11,13-14,19-20H,12H2,1-4H3,(H,25,27)(H,26,28). The molecular formula is C23H27FN2O2. The van der Waals surface area contributed by atoms with Crippen LogP contribution in [0.3, 0.4) is 0 Å². The minimum atomic E-state index is -0.355. The van der Waals surface area contributed by atoms with Crippen molar-refractivity contribution in [2.75, 3.05) is 10.6 Å². The highest BCUT2D eigenvalue weighted by Gasteiger charge is 2.48. The normalized spacial score (nSPS) is 18.2. The topological polar surface area (TPSA) is 58.2 Å². The smallest absolute Gasteiger partial charge is 0.228 e. The molecule has 0 radical (unpaired) electrons. The molecule has 2 unspecified atom stereocenters. The predicted octanol–water partition coefficient (Wildman–Crippen LogP) is 5.29. The van der Waals surface area contributed by atoms with E-state index in [1.807, 2.05) is 18.2 Å². The Bertz CT molecular complexity index is 848. The Morgan fingerprint density at radius 2 is 1.36 bits per heavy atom. The van der Waals surface area contributed by atoms with E-state index in [-0.39, 0.29) is 41.3 Å². The minimum absolute atomic E-state index is 0.116. The van der Waals surface area contributed by atoms with Gasteiger partial charge in [-0.1, -0.05) is 45.9 Å². The molecule has 1 aliphatic rings. The lowest BCUT2D eigenvalue weighted by molar-refractivity contribution is -0.122. The third-order valence-corrected chi connectivity index (χ3v) is 5.20. The second-order valence-corrected chi connectivity index (χ2v) is 8.05. The number of para-hydroxylation sites is 1. The summed E-state index contributed by atoms with van der Waals surface area (Å²) in [6, 6.07) is 11.7. The van der Waals surface area contributed by atoms with Crippen LogP contribution in [0.1, 0.15) is 57.1 Å². The maximum atomic E-state index is 13.0. The first-order chi connectivity index (χ1) is 13.3. The molecule has 3 rings (SSSR count). The van der Waals surface area contributed by atoms with Gasteiger partial charge in [-0.3, -0.25) is 9.59 Å². The average Bonchev–Trinajstić information content (AvgIpc) is 3.44. The minimum Gasteiger partial charge on any atom is -0.326 e. The Labute approximate surface area is 165 Å². The molecule has 28 heavy (non-hydrogen) atoms. The number of carbonyl (C=O) groups is 2. The zero-order valence-corrected chi connectivity index (χ0v) is 16.8. The lowest BCUT2D eigenvalue weighted by Crippen LogP contribution is -2.22. The van der Waals surface area contributed by atoms with Crippen molar-refractivity contribution in [3.05, 3.63) is 59.4 Å². The summed E-state index contributed by atoms with van der Waals surface area (Å²) in [6.07, 6.45) is 0.527. The van der Waals surface area contributed by atoms with Crippen LogP contribution in [0.4, 0.5) is 15.8 Å². The van der Waals surface area contributed by atoms with E-state index in [9.17, 15) is 14.0 Å². The fraction of sp³-hybridized carbons (Fsp3) is 0.391. The van der Waals surface area contributed by atoms with Crippen molar-refractivity contribution in [3.8, 4) is 0 Å². The third-order valence-electron chi connectivity index (χ3n) is 5.20. The second kappa shape index (κ2) is 8.13. The number of carbonyl (C=O) groups excluding carboxylic acids is 2. The lowest BCUT2D eigenvalue weighted by atomic mass is 9.92. The SMILES string of the molecule is CC(C)c1cccc(C(C)C)c1NC(=O)C1CC1C(=O)Nc1ccc(F)cc1. The van der Waals surface area contributed by atoms with Crippen molar-refractivity contribution >= 4 is 23.2 Å². The van der Waals surface area contributed by atoms with Gasteiger partial charge in [0.05, 0.1) is 11.8 Å². The molecule has 2 atom stereocenters. The van der Waals surface area contributed by atoms with Gasteiger partial charge in [0, 0.05) is 11.4 Å². The Morgan fingerprint density at radius 3 is 1.86 bits per heavy atom. The highest BCUT2D eigenvalue weighted by molar-refractivity contribution is 6.03. The molecule has 0 heterocycles. The van der Waals surface area contributed by atoms with Crippen molar-refractivity contribution in [2.45, 2.75) is 46.0 Å². The van der Waals surface area contributed by atoms with E-state index in [2.05, 4.69) is 38.3 Å². The van der Waals surface area contributed by atoms with Crippen molar-refractivity contribution in [1.29, 1.82) is 0 Å². The number of rotatable bonds is 6. The van der Waals surface area contributed by atoms with Gasteiger partial charge >= 0.3 is 0 Å². The molecule has 1 aliphatic carbocycles. The first-order valence-electron chi connectivity index (χ1n) is 9.78. The van der Waals surface area contributed by atoms with E-state index in [4.69, 9.17) is 0 Å². The Balaban J connectivity index is 1.68. The van der Waals surface area contributed by atoms with Gasteiger partial charge in [-0.2, -0.15) is 0 Å². The zero-order valence-electron chi connectivity index (χ0n) is 16.8. The number of nitrogens with one attached hydrogen (secondary N) is 2. The molecule has 2 aromatic carbocycles. The van der Waals surface area contributed by atoms with Crippen LogP contribution >= 0.6 is 0 Å². The van der Waals surface area contributed by atoms with Crippen LogP contribution in [0.5, 0.6) is 0 Å². The van der Waals surface area contributed by atoms with Crippen LogP contribution in [0, 0.1) is 17.7 Å². The maximum Gasteiger partial charge on any atom is 0.228 e. The Hall–Kier alpha value is -2.69. The van der Waals surface area contributed by atoms with Gasteiger partial charge in [0.25, 0.3) is 0 Å². The van der Waals surface area contributed by atoms with Crippen LogP contribution in [-0.4, -0.2) is 11.8 Å². The van der Waals surface area contributed by atoms with Crippen molar-refractivity contribution in [2.24, 2.45) is 11.8 Å². The van der Waals surface area contributed by atoms with Gasteiger partial charge in [-0.05, 0) is 53.6 Å². The molecule has 0 spiro atoms. The molecular weight excluding hydrogens is 355 g/mol. The third kappa shape index (κ3) is 4.41. The van der Waals surface area contributed by atoms with E-state index in [0.717, 1.165) is 16.8 Å². The Morgan fingerprint density at radius 1 is 0.857 bits per heavy atom. The van der Waals surface area contributed by atoms with E-state index in [1.54, 1.807) is 0 Å². The highest BCUT2D eigenvalue weighted by Crippen LogP contribution is 2.41. The van der Waals surface area contributed by atoms with Gasteiger partial charge in [0.2, 0.25) is 11.8 Å². The molecule has 0 bridgehead atoms. The number of benzene rings is 2. The number of anilines is 2. The second-order valence-electron chi connectivity index (χ2n) is 8.05. The summed E-state index contributed by atoms with van der Waals surface area (Å²) in [6.45, 7) is 8.41. The van der Waals surface area contributed by atoms with Crippen LogP contribution in [0.2, 0.25) is 0 Å². The summed E-state index contributed by atoms with van der Waals surface area (Å²) < 4.78 is 13.0. The average molecular weight is 382 g/mol. The summed E-state index contributed by atoms with van der Waals surface area (Å²) in [7, 11) is 0. The zero-order chi connectivity index (χ0) is 20.4. The molecule has 5 heteroatoms. The summed E-state index contributed by atoms with van der Waals surface area (Å²) in [5, 5.41) is 5.84. The molecule has 0 aliphatic heterocycles. The van der Waals surface area contributed by atoms with E-state index < -0.39 is 0 Å². The maximum absolute atomic E-state index is 13.0. The fourth-order valence-electron chi connectivity index (χ4n) is 3.45. The van der Waals surface area contributed by atoms with Crippen LogP contribution in [-0.2, 0) is 9.59 Å². The highest BCUT2D eigenvalue weighted by atomic mass is 19.1. The summed E-state index contributed by atoms with van der Waals surface area (Å²) in [5.41, 5.74) is 3.62. The van der Waals surface area contributed by atoms with E-state index >= 15 is 0 Å². The molecule has 2 aromatic rings. The van der Waals surface area contributed by atoms with Crippen LogP contribution < -0.4 is 10.6 Å². The monoisotopic (exact) mass is 382 g/mol. The number of hydrogen-bond donors (Lipinski definition) is 2. The van der Waals surface area contributed by atoms with Crippen LogP contribution in [0.15, 0.2) is 42.5 Å². The first-order valence-corrected chi connectivity index (χ1v) is 9.78. The molecule has 1 fully saturated rings. The summed E-state index contributed by atoms with van der Waals surface area (Å²) >= 11 is 0. The van der Waals surface area contributed by atoms with Gasteiger partial charge in [0.1, 0.15) is 5.82 Å². The number of halogens is 1. The molecule has 1 saturated carbocycles. The van der Waals surface area contributed by atoms with Crippen molar-refractivity contribution < 1.29 is 14.0 Å². The summed E-state index contributed by atoms with van der Waals surface area (Å²) in [5.74, 6) is -0.787. The molecule has 148 valence electrons. The van der Waals surface area contributed by atoms with E-state index in [1.165, 1.54) is 24.3 Å². The van der Waals surface area contributed by atoms with Gasteiger partial charge in [0.15, 0.2) is 0 Å². The quantitative estimate of drug-likeness (QED) is 0.713.